The Hall–Kier alpha value is -3.31. The van der Waals surface area contributed by atoms with E-state index in [4.69, 9.17) is 4.74 Å². The van der Waals surface area contributed by atoms with Crippen LogP contribution in [0.2, 0.25) is 0 Å². The number of ether oxygens (including phenoxy) is 1. The number of hydrogen-bond acceptors (Lipinski definition) is 6. The van der Waals surface area contributed by atoms with Gasteiger partial charge in [-0.1, -0.05) is 24.3 Å². The van der Waals surface area contributed by atoms with Gasteiger partial charge in [0, 0.05) is 31.5 Å². The van der Waals surface area contributed by atoms with Gasteiger partial charge in [0.15, 0.2) is 9.84 Å². The fourth-order valence-electron chi connectivity index (χ4n) is 4.30. The summed E-state index contributed by atoms with van der Waals surface area (Å²) in [7, 11) is -3.53. The van der Waals surface area contributed by atoms with Crippen LogP contribution in [-0.2, 0) is 29.0 Å². The van der Waals surface area contributed by atoms with Crippen molar-refractivity contribution in [2.45, 2.75) is 23.8 Å². The van der Waals surface area contributed by atoms with Crippen molar-refractivity contribution in [1.29, 1.82) is 0 Å². The summed E-state index contributed by atoms with van der Waals surface area (Å²) in [5.41, 5.74) is 0.740. The quantitative estimate of drug-likeness (QED) is 0.631. The zero-order chi connectivity index (χ0) is 25.2. The highest BCUT2D eigenvalue weighted by Crippen LogP contribution is 2.32. The first-order valence-electron chi connectivity index (χ1n) is 11.2. The van der Waals surface area contributed by atoms with Crippen LogP contribution in [0.25, 0.3) is 11.1 Å². The standard InChI is InChI=1S/C24H26FN3O6S/c1-35(32,33)21-7-3-2-5-17(21)16-8-9-20(18(25)15-16)28-10-4-6-19(23(28)30)26-22(29)24(31)27-11-13-34-14-12-27/h2-3,5,7-9,15,19H,4,6,10-14H2,1H3,(H,26,29). The number of carbonyl (C=O) groups is 3. The molecule has 0 radical (unpaired) electrons. The SMILES string of the molecule is CS(=O)(=O)c1ccccc1-c1ccc(N2CCCC(NC(=O)C(=O)N3CCOCC3)C2=O)c(F)c1. The van der Waals surface area contributed by atoms with Gasteiger partial charge in [0.2, 0.25) is 5.91 Å². The molecule has 0 saturated carbocycles. The van der Waals surface area contributed by atoms with Crippen molar-refractivity contribution in [2.24, 2.45) is 0 Å². The Morgan fingerprint density at radius 2 is 1.80 bits per heavy atom. The summed E-state index contributed by atoms with van der Waals surface area (Å²) >= 11 is 0. The Morgan fingerprint density at radius 1 is 1.09 bits per heavy atom. The smallest absolute Gasteiger partial charge is 0.312 e. The first-order chi connectivity index (χ1) is 16.7. The minimum Gasteiger partial charge on any atom is -0.378 e. The lowest BCUT2D eigenvalue weighted by atomic mass is 10.0. The maximum absolute atomic E-state index is 15.2. The molecule has 0 bridgehead atoms. The maximum Gasteiger partial charge on any atom is 0.312 e. The Bertz CT molecular complexity index is 1260. The van der Waals surface area contributed by atoms with E-state index in [1.807, 2.05) is 0 Å². The number of carbonyl (C=O) groups excluding carboxylic acids is 3. The number of sulfone groups is 1. The van der Waals surface area contributed by atoms with Crippen LogP contribution in [0.3, 0.4) is 0 Å². The van der Waals surface area contributed by atoms with Crippen LogP contribution in [0, 0.1) is 5.82 Å². The van der Waals surface area contributed by atoms with Crippen LogP contribution in [0.4, 0.5) is 10.1 Å². The van der Waals surface area contributed by atoms with Crippen LogP contribution >= 0.6 is 0 Å². The molecule has 2 aliphatic rings. The van der Waals surface area contributed by atoms with Gasteiger partial charge in [-0.3, -0.25) is 14.4 Å². The number of nitrogens with one attached hydrogen (secondary N) is 1. The van der Waals surface area contributed by atoms with Crippen molar-refractivity contribution in [3.63, 3.8) is 0 Å². The number of nitrogens with zero attached hydrogens (tertiary/aromatic N) is 2. The van der Waals surface area contributed by atoms with E-state index in [0.29, 0.717) is 50.3 Å². The van der Waals surface area contributed by atoms with Gasteiger partial charge in [-0.05, 0) is 36.6 Å². The third-order valence-corrected chi connectivity index (χ3v) is 7.23. The molecule has 0 aromatic heterocycles. The second-order valence-corrected chi connectivity index (χ2v) is 10.5. The predicted molar refractivity (Wildman–Crippen MR) is 126 cm³/mol. The van der Waals surface area contributed by atoms with E-state index in [2.05, 4.69) is 5.32 Å². The summed E-state index contributed by atoms with van der Waals surface area (Å²) < 4.78 is 44.6. The van der Waals surface area contributed by atoms with E-state index in [9.17, 15) is 22.8 Å². The molecule has 1 atom stereocenters. The monoisotopic (exact) mass is 503 g/mol. The molecule has 2 aliphatic heterocycles. The van der Waals surface area contributed by atoms with Crippen molar-refractivity contribution in [2.75, 3.05) is 44.0 Å². The van der Waals surface area contributed by atoms with Crippen molar-refractivity contribution >= 4 is 33.2 Å². The van der Waals surface area contributed by atoms with Crippen molar-refractivity contribution < 1.29 is 31.9 Å². The zero-order valence-corrected chi connectivity index (χ0v) is 20.0. The highest BCUT2D eigenvalue weighted by Gasteiger charge is 2.34. The molecular formula is C24H26FN3O6S. The third kappa shape index (κ3) is 5.35. The van der Waals surface area contributed by atoms with Crippen LogP contribution in [0.15, 0.2) is 47.4 Å². The second-order valence-electron chi connectivity index (χ2n) is 8.50. The molecule has 2 saturated heterocycles. The van der Waals surface area contributed by atoms with Gasteiger partial charge in [0.1, 0.15) is 11.9 Å². The molecule has 2 aromatic rings. The van der Waals surface area contributed by atoms with Crippen LogP contribution in [0.5, 0.6) is 0 Å². The number of amides is 3. The van der Waals surface area contributed by atoms with Gasteiger partial charge in [-0.15, -0.1) is 0 Å². The molecular weight excluding hydrogens is 477 g/mol. The molecule has 35 heavy (non-hydrogen) atoms. The van der Waals surface area contributed by atoms with Crippen LogP contribution in [0.1, 0.15) is 12.8 Å². The van der Waals surface area contributed by atoms with Crippen molar-refractivity contribution in [3.8, 4) is 11.1 Å². The summed E-state index contributed by atoms with van der Waals surface area (Å²) in [6.45, 7) is 1.55. The minimum atomic E-state index is -3.53. The Kier molecular flexibility index (Phi) is 7.18. The Labute approximate surface area is 202 Å². The topological polar surface area (TPSA) is 113 Å². The summed E-state index contributed by atoms with van der Waals surface area (Å²) in [6, 6.07) is 9.52. The van der Waals surface area contributed by atoms with Gasteiger partial charge in [-0.25, -0.2) is 12.8 Å². The van der Waals surface area contributed by atoms with E-state index >= 15 is 4.39 Å². The molecule has 186 valence electrons. The Morgan fingerprint density at radius 3 is 2.49 bits per heavy atom. The van der Waals surface area contributed by atoms with E-state index in [1.165, 1.54) is 28.0 Å². The molecule has 0 spiro atoms. The molecule has 2 heterocycles. The summed E-state index contributed by atoms with van der Waals surface area (Å²) in [5, 5.41) is 2.49. The maximum atomic E-state index is 15.2. The summed E-state index contributed by atoms with van der Waals surface area (Å²) in [6.07, 6.45) is 1.92. The Balaban J connectivity index is 1.52. The molecule has 3 amide bonds. The number of piperidine rings is 1. The average molecular weight is 504 g/mol. The molecule has 0 aliphatic carbocycles. The van der Waals surface area contributed by atoms with E-state index in [1.54, 1.807) is 24.3 Å². The van der Waals surface area contributed by atoms with Crippen molar-refractivity contribution in [3.05, 3.63) is 48.3 Å². The first kappa shape index (κ1) is 24.8. The summed E-state index contributed by atoms with van der Waals surface area (Å²) in [5.74, 6) is -2.81. The number of morpholine rings is 1. The lowest BCUT2D eigenvalue weighted by Gasteiger charge is -2.33. The normalized spacial score (nSPS) is 18.9. The number of benzene rings is 2. The van der Waals surface area contributed by atoms with E-state index in [-0.39, 0.29) is 17.1 Å². The van der Waals surface area contributed by atoms with E-state index in [0.717, 1.165) is 6.26 Å². The molecule has 1 unspecified atom stereocenters. The average Bonchev–Trinajstić information content (AvgIpc) is 2.85. The molecule has 4 rings (SSSR count). The molecule has 1 N–H and O–H groups in total. The number of hydrogen-bond donors (Lipinski definition) is 1. The van der Waals surface area contributed by atoms with Crippen molar-refractivity contribution in [1.82, 2.24) is 10.2 Å². The lowest BCUT2D eigenvalue weighted by Crippen LogP contribution is -2.56. The van der Waals surface area contributed by atoms with Crippen LogP contribution < -0.4 is 10.2 Å². The zero-order valence-electron chi connectivity index (χ0n) is 19.2. The summed E-state index contributed by atoms with van der Waals surface area (Å²) in [4.78, 5) is 40.6. The van der Waals surface area contributed by atoms with Gasteiger partial charge in [-0.2, -0.15) is 0 Å². The molecule has 11 heteroatoms. The van der Waals surface area contributed by atoms with Gasteiger partial charge >= 0.3 is 11.8 Å². The van der Waals surface area contributed by atoms with E-state index < -0.39 is 39.4 Å². The predicted octanol–water partition coefficient (Wildman–Crippen LogP) is 1.37. The van der Waals surface area contributed by atoms with Crippen LogP contribution in [-0.4, -0.2) is 76.2 Å². The molecule has 2 aromatic carbocycles. The minimum absolute atomic E-state index is 0.0223. The van der Waals surface area contributed by atoms with Gasteiger partial charge in [0.25, 0.3) is 0 Å². The number of rotatable bonds is 4. The third-order valence-electron chi connectivity index (χ3n) is 6.07. The first-order valence-corrected chi connectivity index (χ1v) is 13.1. The van der Waals surface area contributed by atoms with Gasteiger partial charge < -0.3 is 19.9 Å². The number of halogens is 1. The second kappa shape index (κ2) is 10.1. The largest absolute Gasteiger partial charge is 0.378 e. The van der Waals surface area contributed by atoms with Gasteiger partial charge in [0.05, 0.1) is 23.8 Å². The fourth-order valence-corrected chi connectivity index (χ4v) is 5.21. The number of anilines is 1. The highest BCUT2D eigenvalue weighted by molar-refractivity contribution is 7.90. The lowest BCUT2D eigenvalue weighted by molar-refractivity contribution is -0.149. The molecule has 9 nitrogen and oxygen atoms in total. The highest BCUT2D eigenvalue weighted by atomic mass is 32.2. The fraction of sp³-hybridized carbons (Fsp3) is 0.375. The molecule has 2 fully saturated rings.